The van der Waals surface area contributed by atoms with Crippen LogP contribution in [0, 0.1) is 13.8 Å². The van der Waals surface area contributed by atoms with E-state index < -0.39 is 0 Å². The Morgan fingerprint density at radius 3 is 2.94 bits per heavy atom. The minimum Gasteiger partial charge on any atom is -0.465 e. The third-order valence-electron chi connectivity index (χ3n) is 2.36. The minimum absolute atomic E-state index is 0.386. The number of ether oxygens (including phenoxy) is 1. The average molecular weight is 267 g/mol. The molecular weight excluding hydrogens is 254 g/mol. The summed E-state index contributed by atoms with van der Waals surface area (Å²) in [6, 6.07) is 0. The summed E-state index contributed by atoms with van der Waals surface area (Å²) in [5, 5.41) is 3.67. The SMILES string of the molecule is COC(=O)c1cnc(NCc2nc(C)c(C)o2)s1. The fraction of sp³-hybridized carbons (Fsp3) is 0.364. The van der Waals surface area contributed by atoms with Gasteiger partial charge in [0.15, 0.2) is 5.13 Å². The molecule has 0 unspecified atom stereocenters. The third kappa shape index (κ3) is 2.67. The molecule has 0 aliphatic rings. The van der Waals surface area contributed by atoms with E-state index in [2.05, 4.69) is 20.0 Å². The van der Waals surface area contributed by atoms with Crippen molar-refractivity contribution in [1.29, 1.82) is 0 Å². The summed E-state index contributed by atoms with van der Waals surface area (Å²) in [5.41, 5.74) is 0.876. The van der Waals surface area contributed by atoms with E-state index in [0.29, 0.717) is 22.4 Å². The molecule has 2 aromatic rings. The first-order chi connectivity index (χ1) is 8.60. The molecule has 0 saturated heterocycles. The first kappa shape index (κ1) is 12.6. The molecule has 0 aliphatic heterocycles. The van der Waals surface area contributed by atoms with Gasteiger partial charge >= 0.3 is 5.97 Å². The second-order valence-corrected chi connectivity index (χ2v) is 4.65. The first-order valence-electron chi connectivity index (χ1n) is 5.31. The van der Waals surface area contributed by atoms with Crippen LogP contribution in [0.1, 0.15) is 27.0 Å². The Morgan fingerprint density at radius 2 is 2.33 bits per heavy atom. The molecule has 18 heavy (non-hydrogen) atoms. The van der Waals surface area contributed by atoms with Crippen LogP contribution in [0.4, 0.5) is 5.13 Å². The molecule has 0 atom stereocenters. The van der Waals surface area contributed by atoms with Crippen LogP contribution in [0.25, 0.3) is 0 Å². The molecular formula is C11H13N3O3S. The highest BCUT2D eigenvalue weighted by molar-refractivity contribution is 7.17. The summed E-state index contributed by atoms with van der Waals surface area (Å²) in [4.78, 5) is 20.0. The Kier molecular flexibility index (Phi) is 3.61. The summed E-state index contributed by atoms with van der Waals surface area (Å²) in [5.74, 6) is 1.02. The van der Waals surface area contributed by atoms with Gasteiger partial charge in [0, 0.05) is 0 Å². The number of oxazole rings is 1. The van der Waals surface area contributed by atoms with Crippen molar-refractivity contribution in [1.82, 2.24) is 9.97 Å². The highest BCUT2D eigenvalue weighted by atomic mass is 32.1. The second kappa shape index (κ2) is 5.18. The number of carbonyl (C=O) groups excluding carboxylic acids is 1. The lowest BCUT2D eigenvalue weighted by atomic mass is 10.4. The van der Waals surface area contributed by atoms with Gasteiger partial charge in [-0.05, 0) is 13.8 Å². The zero-order valence-electron chi connectivity index (χ0n) is 10.3. The monoisotopic (exact) mass is 267 g/mol. The molecule has 0 radical (unpaired) electrons. The van der Waals surface area contributed by atoms with Gasteiger partial charge in [-0.25, -0.2) is 14.8 Å². The highest BCUT2D eigenvalue weighted by Gasteiger charge is 2.11. The fourth-order valence-corrected chi connectivity index (χ4v) is 2.05. The zero-order chi connectivity index (χ0) is 13.1. The number of hydrogen-bond donors (Lipinski definition) is 1. The molecule has 2 rings (SSSR count). The molecule has 1 N–H and O–H groups in total. The molecule has 2 heterocycles. The summed E-state index contributed by atoms with van der Waals surface area (Å²) < 4.78 is 10.0. The van der Waals surface area contributed by atoms with E-state index in [9.17, 15) is 4.79 Å². The van der Waals surface area contributed by atoms with Gasteiger partial charge in [0.25, 0.3) is 0 Å². The predicted octanol–water partition coefficient (Wildman–Crippen LogP) is 2.15. The Morgan fingerprint density at radius 1 is 1.56 bits per heavy atom. The van der Waals surface area contributed by atoms with E-state index in [4.69, 9.17) is 4.42 Å². The van der Waals surface area contributed by atoms with Gasteiger partial charge in [-0.3, -0.25) is 0 Å². The second-order valence-electron chi connectivity index (χ2n) is 3.62. The number of esters is 1. The zero-order valence-corrected chi connectivity index (χ0v) is 11.1. The normalized spacial score (nSPS) is 10.4. The van der Waals surface area contributed by atoms with Crippen LogP contribution < -0.4 is 5.32 Å². The van der Waals surface area contributed by atoms with Crippen molar-refractivity contribution in [2.75, 3.05) is 12.4 Å². The largest absolute Gasteiger partial charge is 0.465 e. The predicted molar refractivity (Wildman–Crippen MR) is 66.8 cm³/mol. The lowest BCUT2D eigenvalue weighted by molar-refractivity contribution is 0.0606. The average Bonchev–Trinajstić information content (AvgIpc) is 2.94. The van der Waals surface area contributed by atoms with Crippen molar-refractivity contribution in [2.24, 2.45) is 0 Å². The van der Waals surface area contributed by atoms with Crippen molar-refractivity contribution >= 4 is 22.4 Å². The number of thiazole rings is 1. The molecule has 0 amide bonds. The Labute approximate surface area is 108 Å². The van der Waals surface area contributed by atoms with Gasteiger partial charge in [-0.2, -0.15) is 0 Å². The lowest BCUT2D eigenvalue weighted by Crippen LogP contribution is -1.99. The van der Waals surface area contributed by atoms with E-state index in [1.54, 1.807) is 0 Å². The van der Waals surface area contributed by atoms with E-state index in [0.717, 1.165) is 11.5 Å². The molecule has 0 aliphatic carbocycles. The summed E-state index contributed by atoms with van der Waals surface area (Å²) in [6.07, 6.45) is 1.48. The maximum Gasteiger partial charge on any atom is 0.349 e. The smallest absolute Gasteiger partial charge is 0.349 e. The molecule has 7 heteroatoms. The Hall–Kier alpha value is -1.89. The van der Waals surface area contributed by atoms with Gasteiger partial charge in [0.1, 0.15) is 10.6 Å². The Balaban J connectivity index is 1.98. The van der Waals surface area contributed by atoms with Crippen LogP contribution >= 0.6 is 11.3 Å². The molecule has 0 saturated carbocycles. The number of carbonyl (C=O) groups is 1. The number of nitrogens with zero attached hydrogens (tertiary/aromatic N) is 2. The van der Waals surface area contributed by atoms with E-state index in [1.807, 2.05) is 13.8 Å². The van der Waals surface area contributed by atoms with Gasteiger partial charge in [-0.15, -0.1) is 0 Å². The fourth-order valence-electron chi connectivity index (χ4n) is 1.32. The molecule has 0 aromatic carbocycles. The number of nitrogens with one attached hydrogen (secondary N) is 1. The van der Waals surface area contributed by atoms with Crippen LogP contribution in [0.2, 0.25) is 0 Å². The first-order valence-corrected chi connectivity index (χ1v) is 6.12. The van der Waals surface area contributed by atoms with Crippen molar-refractivity contribution in [2.45, 2.75) is 20.4 Å². The van der Waals surface area contributed by atoms with E-state index in [-0.39, 0.29) is 5.97 Å². The van der Waals surface area contributed by atoms with Gasteiger partial charge < -0.3 is 14.5 Å². The summed E-state index contributed by atoms with van der Waals surface area (Å²) in [6.45, 7) is 4.19. The number of aryl methyl sites for hydroxylation is 2. The molecule has 6 nitrogen and oxygen atoms in total. The van der Waals surface area contributed by atoms with Gasteiger partial charge in [-0.1, -0.05) is 11.3 Å². The minimum atomic E-state index is -0.386. The number of aromatic nitrogens is 2. The van der Waals surface area contributed by atoms with E-state index in [1.165, 1.54) is 24.6 Å². The molecule has 0 spiro atoms. The summed E-state index contributed by atoms with van der Waals surface area (Å²) >= 11 is 1.23. The number of methoxy groups -OCH3 is 1. The van der Waals surface area contributed by atoms with Crippen LogP contribution in [-0.2, 0) is 11.3 Å². The summed E-state index contributed by atoms with van der Waals surface area (Å²) in [7, 11) is 1.34. The van der Waals surface area contributed by atoms with E-state index >= 15 is 0 Å². The van der Waals surface area contributed by atoms with Gasteiger partial charge in [0.2, 0.25) is 5.89 Å². The van der Waals surface area contributed by atoms with Crippen LogP contribution in [0.3, 0.4) is 0 Å². The third-order valence-corrected chi connectivity index (χ3v) is 3.29. The van der Waals surface area contributed by atoms with Crippen LogP contribution in [0.5, 0.6) is 0 Å². The quantitative estimate of drug-likeness (QED) is 0.855. The molecule has 0 fully saturated rings. The highest BCUT2D eigenvalue weighted by Crippen LogP contribution is 2.19. The maximum absolute atomic E-state index is 11.2. The molecule has 2 aromatic heterocycles. The maximum atomic E-state index is 11.2. The van der Waals surface area contributed by atoms with Crippen molar-refractivity contribution in [3.05, 3.63) is 28.4 Å². The number of hydrogen-bond acceptors (Lipinski definition) is 7. The lowest BCUT2D eigenvalue weighted by Gasteiger charge is -1.97. The molecule has 0 bridgehead atoms. The van der Waals surface area contributed by atoms with Crippen molar-refractivity contribution in [3.8, 4) is 0 Å². The number of anilines is 1. The van der Waals surface area contributed by atoms with Crippen molar-refractivity contribution in [3.63, 3.8) is 0 Å². The van der Waals surface area contributed by atoms with Gasteiger partial charge in [0.05, 0.1) is 25.5 Å². The Bertz CT molecular complexity index is 542. The van der Waals surface area contributed by atoms with Crippen molar-refractivity contribution < 1.29 is 13.9 Å². The van der Waals surface area contributed by atoms with Crippen LogP contribution in [0.15, 0.2) is 10.6 Å². The number of rotatable bonds is 4. The molecule has 96 valence electrons. The standard InChI is InChI=1S/C11H13N3O3S/c1-6-7(2)17-9(14-6)5-13-11-12-4-8(18-11)10(15)16-3/h4H,5H2,1-3H3,(H,12,13). The topological polar surface area (TPSA) is 77.2 Å². The van der Waals surface area contributed by atoms with Crippen LogP contribution in [-0.4, -0.2) is 23.0 Å².